The molecule has 2 aromatic heterocycles. The normalized spacial score (nSPS) is 11.2. The van der Waals surface area contributed by atoms with Gasteiger partial charge in [0, 0.05) is 52.0 Å². The molecule has 0 fully saturated rings. The minimum atomic E-state index is -0.0894. The maximum atomic E-state index is 12.7. The van der Waals surface area contributed by atoms with Crippen molar-refractivity contribution in [3.8, 4) is 0 Å². The van der Waals surface area contributed by atoms with Gasteiger partial charge in [-0.05, 0) is 49.4 Å². The van der Waals surface area contributed by atoms with E-state index in [-0.39, 0.29) is 5.91 Å². The van der Waals surface area contributed by atoms with Crippen molar-refractivity contribution in [3.05, 3.63) is 66.0 Å². The van der Waals surface area contributed by atoms with Crippen LogP contribution in [0.25, 0.3) is 21.8 Å². The lowest BCUT2D eigenvalue weighted by atomic mass is 10.1. The molecule has 0 unspecified atom stereocenters. The van der Waals surface area contributed by atoms with Crippen LogP contribution in [0.2, 0.25) is 0 Å². The monoisotopic (exact) mass is 303 g/mol. The Morgan fingerprint density at radius 1 is 1.13 bits per heavy atom. The van der Waals surface area contributed by atoms with E-state index in [1.807, 2.05) is 67.2 Å². The second kappa shape index (κ2) is 5.02. The van der Waals surface area contributed by atoms with E-state index in [1.165, 1.54) is 0 Å². The zero-order chi connectivity index (χ0) is 16.0. The number of nitrogens with zero attached hydrogens (tertiary/aromatic N) is 1. The summed E-state index contributed by atoms with van der Waals surface area (Å²) in [6, 6.07) is 15.7. The van der Waals surface area contributed by atoms with Gasteiger partial charge in [-0.2, -0.15) is 0 Å². The average molecular weight is 303 g/mol. The first-order valence-corrected chi connectivity index (χ1v) is 7.56. The van der Waals surface area contributed by atoms with Gasteiger partial charge in [0.2, 0.25) is 0 Å². The summed E-state index contributed by atoms with van der Waals surface area (Å²) in [5, 5.41) is 5.06. The summed E-state index contributed by atoms with van der Waals surface area (Å²) in [7, 11) is 1.98. The van der Waals surface area contributed by atoms with Crippen LogP contribution in [0.3, 0.4) is 0 Å². The molecule has 0 aliphatic carbocycles. The summed E-state index contributed by atoms with van der Waals surface area (Å²) in [6.07, 6.45) is 1.97. The Labute approximate surface area is 133 Å². The van der Waals surface area contributed by atoms with Gasteiger partial charge in [-0.25, -0.2) is 0 Å². The predicted octanol–water partition coefficient (Wildman–Crippen LogP) is 4.22. The Hall–Kier alpha value is -3.01. The quantitative estimate of drug-likeness (QED) is 0.572. The van der Waals surface area contributed by atoms with E-state index in [0.717, 1.165) is 33.2 Å². The fraction of sp³-hybridized carbons (Fsp3) is 0.105. The minimum Gasteiger partial charge on any atom is -0.359 e. The van der Waals surface area contributed by atoms with Crippen LogP contribution in [0.4, 0.5) is 5.69 Å². The molecule has 2 heterocycles. The van der Waals surface area contributed by atoms with Gasteiger partial charge in [-0.3, -0.25) is 4.79 Å². The molecule has 0 atom stereocenters. The highest BCUT2D eigenvalue weighted by atomic mass is 16.1. The first-order valence-electron chi connectivity index (χ1n) is 7.56. The van der Waals surface area contributed by atoms with Gasteiger partial charge in [0.25, 0.3) is 5.91 Å². The Kier molecular flexibility index (Phi) is 2.98. The molecule has 0 saturated heterocycles. The highest BCUT2D eigenvalue weighted by molar-refractivity contribution is 6.13. The van der Waals surface area contributed by atoms with Crippen LogP contribution in [0.5, 0.6) is 0 Å². The second-order valence-corrected chi connectivity index (χ2v) is 5.87. The van der Waals surface area contributed by atoms with Crippen molar-refractivity contribution in [2.75, 3.05) is 5.32 Å². The number of benzene rings is 2. The van der Waals surface area contributed by atoms with E-state index in [4.69, 9.17) is 0 Å². The molecule has 1 amide bonds. The molecule has 114 valence electrons. The van der Waals surface area contributed by atoms with Crippen molar-refractivity contribution in [1.29, 1.82) is 0 Å². The number of fused-ring (bicyclic) bond motifs is 2. The van der Waals surface area contributed by atoms with Gasteiger partial charge in [0.1, 0.15) is 0 Å². The summed E-state index contributed by atoms with van der Waals surface area (Å²) in [4.78, 5) is 15.9. The number of hydrogen-bond donors (Lipinski definition) is 2. The number of aromatic nitrogens is 2. The Morgan fingerprint density at radius 3 is 2.87 bits per heavy atom. The lowest BCUT2D eigenvalue weighted by Gasteiger charge is -2.07. The average Bonchev–Trinajstić information content (AvgIpc) is 3.09. The first kappa shape index (κ1) is 13.6. The number of hydrogen-bond acceptors (Lipinski definition) is 1. The molecule has 2 aromatic carbocycles. The smallest absolute Gasteiger partial charge is 0.256 e. The first-order chi connectivity index (χ1) is 11.1. The summed E-state index contributed by atoms with van der Waals surface area (Å²) >= 11 is 0. The van der Waals surface area contributed by atoms with Gasteiger partial charge in [0.15, 0.2) is 0 Å². The van der Waals surface area contributed by atoms with E-state index in [1.54, 1.807) is 0 Å². The lowest BCUT2D eigenvalue weighted by molar-refractivity contribution is 0.102. The summed E-state index contributed by atoms with van der Waals surface area (Å²) in [5.41, 5.74) is 4.72. The number of carbonyl (C=O) groups is 1. The molecule has 4 rings (SSSR count). The maximum absolute atomic E-state index is 12.7. The summed E-state index contributed by atoms with van der Waals surface area (Å²) in [6.45, 7) is 2.02. The van der Waals surface area contributed by atoms with Gasteiger partial charge in [-0.15, -0.1) is 0 Å². The number of nitrogens with one attached hydrogen (secondary N) is 2. The third-order valence-electron chi connectivity index (χ3n) is 4.19. The number of H-pyrrole nitrogens is 1. The van der Waals surface area contributed by atoms with Crippen molar-refractivity contribution >= 4 is 33.4 Å². The van der Waals surface area contributed by atoms with Gasteiger partial charge < -0.3 is 14.9 Å². The molecule has 4 aromatic rings. The number of aryl methyl sites for hydroxylation is 2. The lowest BCUT2D eigenvalue weighted by Crippen LogP contribution is -2.12. The van der Waals surface area contributed by atoms with Crippen LogP contribution < -0.4 is 5.32 Å². The standard InChI is InChI=1S/C19H17N3O/c1-12-10-13-11-14(6-7-17(13)20-12)21-19(23)16-4-3-5-18-15(16)8-9-22(18)2/h3-11,20H,1-2H3,(H,21,23). The van der Waals surface area contributed by atoms with Gasteiger partial charge >= 0.3 is 0 Å². The summed E-state index contributed by atoms with van der Waals surface area (Å²) < 4.78 is 2.01. The number of rotatable bonds is 2. The second-order valence-electron chi connectivity index (χ2n) is 5.87. The molecule has 2 N–H and O–H groups in total. The van der Waals surface area contributed by atoms with Crippen LogP contribution >= 0.6 is 0 Å². The largest absolute Gasteiger partial charge is 0.359 e. The molecular weight excluding hydrogens is 286 g/mol. The molecule has 23 heavy (non-hydrogen) atoms. The Balaban J connectivity index is 1.70. The summed E-state index contributed by atoms with van der Waals surface area (Å²) in [5.74, 6) is -0.0894. The van der Waals surface area contributed by atoms with E-state index in [2.05, 4.69) is 16.4 Å². The van der Waals surface area contributed by atoms with Crippen LogP contribution in [0.1, 0.15) is 16.1 Å². The van der Waals surface area contributed by atoms with E-state index >= 15 is 0 Å². The van der Waals surface area contributed by atoms with Gasteiger partial charge in [-0.1, -0.05) is 6.07 Å². The molecule has 0 aliphatic heterocycles. The number of amides is 1. The van der Waals surface area contributed by atoms with E-state index < -0.39 is 0 Å². The number of anilines is 1. The van der Waals surface area contributed by atoms with Crippen LogP contribution in [-0.2, 0) is 7.05 Å². The highest BCUT2D eigenvalue weighted by Gasteiger charge is 2.12. The van der Waals surface area contributed by atoms with Crippen LogP contribution in [0, 0.1) is 6.92 Å². The van der Waals surface area contributed by atoms with Gasteiger partial charge in [0.05, 0.1) is 0 Å². The number of aromatic amines is 1. The van der Waals surface area contributed by atoms with Crippen molar-refractivity contribution in [2.24, 2.45) is 7.05 Å². The van der Waals surface area contributed by atoms with Crippen molar-refractivity contribution < 1.29 is 4.79 Å². The molecule has 0 saturated carbocycles. The Bertz CT molecular complexity index is 1040. The van der Waals surface area contributed by atoms with Crippen LogP contribution in [0.15, 0.2) is 54.7 Å². The topological polar surface area (TPSA) is 49.8 Å². The SMILES string of the molecule is Cc1cc2cc(NC(=O)c3cccc4c3ccn4C)ccc2[nH]1. The molecule has 0 bridgehead atoms. The fourth-order valence-electron chi connectivity index (χ4n) is 3.05. The Morgan fingerprint density at radius 2 is 2.00 bits per heavy atom. The third kappa shape index (κ3) is 2.28. The molecule has 0 spiro atoms. The van der Waals surface area contributed by atoms with Crippen molar-refractivity contribution in [1.82, 2.24) is 9.55 Å². The molecule has 0 aliphatic rings. The van der Waals surface area contributed by atoms with E-state index in [9.17, 15) is 4.79 Å². The molecular formula is C19H17N3O. The third-order valence-corrected chi connectivity index (χ3v) is 4.19. The van der Waals surface area contributed by atoms with Crippen LogP contribution in [-0.4, -0.2) is 15.5 Å². The zero-order valence-electron chi connectivity index (χ0n) is 13.1. The zero-order valence-corrected chi connectivity index (χ0v) is 13.1. The van der Waals surface area contributed by atoms with Crippen molar-refractivity contribution in [3.63, 3.8) is 0 Å². The van der Waals surface area contributed by atoms with Crippen molar-refractivity contribution in [2.45, 2.75) is 6.92 Å². The molecule has 4 heteroatoms. The predicted molar refractivity (Wildman–Crippen MR) is 93.9 cm³/mol. The maximum Gasteiger partial charge on any atom is 0.256 e. The van der Waals surface area contributed by atoms with E-state index in [0.29, 0.717) is 5.56 Å². The highest BCUT2D eigenvalue weighted by Crippen LogP contribution is 2.23. The minimum absolute atomic E-state index is 0.0894. The molecule has 4 nitrogen and oxygen atoms in total. The molecule has 0 radical (unpaired) electrons. The number of carbonyl (C=O) groups excluding carboxylic acids is 1. The fourth-order valence-corrected chi connectivity index (χ4v) is 3.05.